The van der Waals surface area contributed by atoms with Crippen LogP contribution in [0, 0.1) is 12.0 Å². The Bertz CT molecular complexity index is 193. The van der Waals surface area contributed by atoms with Gasteiger partial charge in [0.15, 0.2) is 0 Å². The molecule has 0 heterocycles. The third-order valence-electron chi connectivity index (χ3n) is 2.68. The average Bonchev–Trinajstić information content (AvgIpc) is 2.35. The van der Waals surface area contributed by atoms with E-state index in [1.807, 2.05) is 0 Å². The quantitative estimate of drug-likeness (QED) is 0.284. The Morgan fingerprint density at radius 1 is 0.882 bits per heavy atom. The van der Waals surface area contributed by atoms with Crippen molar-refractivity contribution in [2.75, 3.05) is 12.5 Å². The second-order valence-electron chi connectivity index (χ2n) is 4.39. The number of hydrogen-bond acceptors (Lipinski definition) is 1. The van der Waals surface area contributed by atoms with Crippen LogP contribution in [-0.2, 0) is 4.74 Å². The summed E-state index contributed by atoms with van der Waals surface area (Å²) in [5, 5.41) is 0. The van der Waals surface area contributed by atoms with Crippen LogP contribution in [0.4, 0.5) is 0 Å². The molecule has 0 radical (unpaired) electrons. The van der Waals surface area contributed by atoms with E-state index in [2.05, 4.69) is 19.0 Å². The molecule has 0 fully saturated rings. The van der Waals surface area contributed by atoms with Crippen LogP contribution in [0.5, 0.6) is 0 Å². The normalized spacial score (nSPS) is 9.76. The molecule has 0 saturated heterocycles. The van der Waals surface area contributed by atoms with Gasteiger partial charge < -0.3 is 4.74 Å². The van der Waals surface area contributed by atoms with E-state index in [4.69, 9.17) is 16.3 Å². The summed E-state index contributed by atoms with van der Waals surface area (Å²) in [5.74, 6) is 3.78. The minimum Gasteiger partial charge on any atom is -0.447 e. The molecule has 2 heteroatoms. The van der Waals surface area contributed by atoms with Crippen molar-refractivity contribution in [3.05, 3.63) is 0 Å². The molecule has 0 aromatic carbocycles. The predicted octanol–water partition coefficient (Wildman–Crippen LogP) is 5.12. The lowest BCUT2D eigenvalue weighted by molar-refractivity contribution is 0.270. The van der Waals surface area contributed by atoms with Crippen molar-refractivity contribution < 1.29 is 4.74 Å². The molecule has 0 spiro atoms. The van der Waals surface area contributed by atoms with Gasteiger partial charge in [0.25, 0.3) is 0 Å². The van der Waals surface area contributed by atoms with Crippen molar-refractivity contribution in [3.8, 4) is 12.0 Å². The molecule has 0 aliphatic heterocycles. The van der Waals surface area contributed by atoms with Crippen molar-refractivity contribution in [2.45, 2.75) is 71.1 Å². The van der Waals surface area contributed by atoms with Gasteiger partial charge in [-0.25, -0.2) is 0 Å². The first kappa shape index (κ1) is 16.6. The van der Waals surface area contributed by atoms with Crippen molar-refractivity contribution in [1.29, 1.82) is 0 Å². The molecular weight excluding hydrogens is 232 g/mol. The Kier molecular flexibility index (Phi) is 15.3. The summed E-state index contributed by atoms with van der Waals surface area (Å²) in [6.07, 6.45) is 15.1. The summed E-state index contributed by atoms with van der Waals surface area (Å²) in [5.41, 5.74) is 0. The molecule has 1 nitrogen and oxygen atoms in total. The lowest BCUT2D eigenvalue weighted by Gasteiger charge is -1.98. The summed E-state index contributed by atoms with van der Waals surface area (Å²) >= 11 is 5.55. The summed E-state index contributed by atoms with van der Waals surface area (Å²) in [6.45, 7) is 2.97. The smallest absolute Gasteiger partial charge is 0.110 e. The Morgan fingerprint density at radius 3 is 2.29 bits per heavy atom. The highest BCUT2D eigenvalue weighted by atomic mass is 35.5. The lowest BCUT2D eigenvalue weighted by atomic mass is 10.1. The zero-order valence-corrected chi connectivity index (χ0v) is 12.0. The fourth-order valence-electron chi connectivity index (χ4n) is 1.59. The molecule has 0 rings (SSSR count). The van der Waals surface area contributed by atoms with Crippen LogP contribution < -0.4 is 0 Å². The maximum atomic E-state index is 5.55. The first-order chi connectivity index (χ1) is 8.41. The Morgan fingerprint density at radius 2 is 1.59 bits per heavy atom. The molecule has 0 aromatic heterocycles. The summed E-state index contributed by atoms with van der Waals surface area (Å²) in [4.78, 5) is 0. The Labute approximate surface area is 112 Å². The maximum absolute atomic E-state index is 5.55. The van der Waals surface area contributed by atoms with Crippen molar-refractivity contribution in [2.24, 2.45) is 0 Å². The first-order valence-electron chi connectivity index (χ1n) is 7.07. The molecule has 0 aliphatic carbocycles. The second kappa shape index (κ2) is 15.6. The highest BCUT2D eigenvalue weighted by molar-refractivity contribution is 6.17. The highest BCUT2D eigenvalue weighted by Gasteiger charge is 1.89. The zero-order valence-electron chi connectivity index (χ0n) is 11.3. The number of unbranched alkanes of at least 4 members (excludes halogenated alkanes) is 8. The number of alkyl halides is 1. The monoisotopic (exact) mass is 258 g/mol. The predicted molar refractivity (Wildman–Crippen MR) is 76.3 cm³/mol. The average molecular weight is 259 g/mol. The van der Waals surface area contributed by atoms with E-state index in [9.17, 15) is 0 Å². The van der Waals surface area contributed by atoms with Gasteiger partial charge in [-0.15, -0.1) is 11.6 Å². The SMILES string of the molecule is CCCCCCCCCC#COCCCCCl. The van der Waals surface area contributed by atoms with Gasteiger partial charge in [0.05, 0.1) is 0 Å². The standard InChI is InChI=1S/C15H27ClO/c1-2-3-4-5-6-7-8-9-11-14-17-15-12-10-13-16/h2-10,12-13,15H2,1H3. The summed E-state index contributed by atoms with van der Waals surface area (Å²) in [6, 6.07) is 0. The van der Waals surface area contributed by atoms with Crippen LogP contribution in [-0.4, -0.2) is 12.5 Å². The van der Waals surface area contributed by atoms with E-state index in [0.717, 1.165) is 31.7 Å². The van der Waals surface area contributed by atoms with Gasteiger partial charge in [-0.1, -0.05) is 51.4 Å². The van der Waals surface area contributed by atoms with Gasteiger partial charge in [0, 0.05) is 12.3 Å². The molecule has 0 aromatic rings. The van der Waals surface area contributed by atoms with Crippen LogP contribution >= 0.6 is 11.6 Å². The Balaban J connectivity index is 3.04. The van der Waals surface area contributed by atoms with Crippen LogP contribution in [0.2, 0.25) is 0 Å². The second-order valence-corrected chi connectivity index (χ2v) is 4.77. The minimum absolute atomic E-state index is 0.717. The third kappa shape index (κ3) is 15.6. The van der Waals surface area contributed by atoms with E-state index in [0.29, 0.717) is 0 Å². The molecule has 17 heavy (non-hydrogen) atoms. The number of halogens is 1. The van der Waals surface area contributed by atoms with Gasteiger partial charge >= 0.3 is 0 Å². The van der Waals surface area contributed by atoms with Crippen molar-refractivity contribution in [1.82, 2.24) is 0 Å². The van der Waals surface area contributed by atoms with Gasteiger partial charge in [-0.3, -0.25) is 0 Å². The van der Waals surface area contributed by atoms with E-state index in [1.54, 1.807) is 0 Å². The number of ether oxygens (including phenoxy) is 1. The number of hydrogen-bond donors (Lipinski definition) is 0. The largest absolute Gasteiger partial charge is 0.447 e. The van der Waals surface area contributed by atoms with Crippen LogP contribution in [0.25, 0.3) is 0 Å². The molecular formula is C15H27ClO. The van der Waals surface area contributed by atoms with Crippen LogP contribution in [0.1, 0.15) is 71.1 Å². The van der Waals surface area contributed by atoms with E-state index < -0.39 is 0 Å². The van der Waals surface area contributed by atoms with E-state index >= 15 is 0 Å². The van der Waals surface area contributed by atoms with E-state index in [1.165, 1.54) is 44.9 Å². The molecule has 0 amide bonds. The number of rotatable bonds is 11. The van der Waals surface area contributed by atoms with Crippen LogP contribution in [0.3, 0.4) is 0 Å². The van der Waals surface area contributed by atoms with Crippen molar-refractivity contribution in [3.63, 3.8) is 0 Å². The summed E-state index contributed by atoms with van der Waals surface area (Å²) in [7, 11) is 0. The molecule has 0 unspecified atom stereocenters. The van der Waals surface area contributed by atoms with E-state index in [-0.39, 0.29) is 0 Å². The molecule has 0 saturated carbocycles. The molecule has 0 aliphatic rings. The molecule has 0 N–H and O–H groups in total. The fraction of sp³-hybridized carbons (Fsp3) is 0.867. The highest BCUT2D eigenvalue weighted by Crippen LogP contribution is 2.07. The zero-order chi connectivity index (χ0) is 12.6. The molecule has 100 valence electrons. The topological polar surface area (TPSA) is 9.23 Å². The van der Waals surface area contributed by atoms with Gasteiger partial charge in [0.2, 0.25) is 0 Å². The fourth-order valence-corrected chi connectivity index (χ4v) is 1.78. The van der Waals surface area contributed by atoms with Gasteiger partial charge in [-0.2, -0.15) is 0 Å². The molecule has 0 atom stereocenters. The van der Waals surface area contributed by atoms with Gasteiger partial charge in [-0.05, 0) is 19.3 Å². The Hall–Kier alpha value is -0.350. The first-order valence-corrected chi connectivity index (χ1v) is 7.61. The van der Waals surface area contributed by atoms with Crippen LogP contribution in [0.15, 0.2) is 0 Å². The third-order valence-corrected chi connectivity index (χ3v) is 2.95. The minimum atomic E-state index is 0.717. The lowest BCUT2D eigenvalue weighted by Crippen LogP contribution is -1.88. The maximum Gasteiger partial charge on any atom is 0.110 e. The molecule has 0 bridgehead atoms. The summed E-state index contributed by atoms with van der Waals surface area (Å²) < 4.78 is 5.18. The van der Waals surface area contributed by atoms with Crippen molar-refractivity contribution >= 4 is 11.6 Å². The van der Waals surface area contributed by atoms with Gasteiger partial charge in [0.1, 0.15) is 12.7 Å².